The zero-order valence-corrected chi connectivity index (χ0v) is 13.7. The van der Waals surface area contributed by atoms with Gasteiger partial charge in [-0.1, -0.05) is 20.8 Å². The number of ketones is 1. The first-order chi connectivity index (χ1) is 9.06. The van der Waals surface area contributed by atoms with Gasteiger partial charge in [-0.2, -0.15) is 0 Å². The maximum absolute atomic E-state index is 11.9. The largest absolute Gasteiger partial charge is 0.466 e. The van der Waals surface area contributed by atoms with Gasteiger partial charge in [-0.3, -0.25) is 4.79 Å². The number of aliphatic hydroxyl groups excluding tert-OH is 2. The van der Waals surface area contributed by atoms with E-state index >= 15 is 0 Å². The highest BCUT2D eigenvalue weighted by Gasteiger charge is 2.38. The van der Waals surface area contributed by atoms with Crippen LogP contribution in [0.2, 0.25) is 18.1 Å². The Labute approximate surface area is 120 Å². The summed E-state index contributed by atoms with van der Waals surface area (Å²) >= 11 is 0. The van der Waals surface area contributed by atoms with Crippen molar-refractivity contribution in [3.63, 3.8) is 0 Å². The normalized spacial score (nSPS) is 15.9. The van der Waals surface area contributed by atoms with Crippen molar-refractivity contribution >= 4 is 14.1 Å². The zero-order chi connectivity index (χ0) is 15.6. The van der Waals surface area contributed by atoms with E-state index in [1.807, 2.05) is 13.1 Å². The van der Waals surface area contributed by atoms with Gasteiger partial charge in [0.2, 0.25) is 0 Å². The average Bonchev–Trinajstić information content (AvgIpc) is 2.86. The second-order valence-electron chi connectivity index (χ2n) is 6.42. The Morgan fingerprint density at radius 3 is 2.45 bits per heavy atom. The van der Waals surface area contributed by atoms with E-state index in [-0.39, 0.29) is 17.4 Å². The number of hydrogen-bond acceptors (Lipinski definition) is 5. The molecule has 1 heterocycles. The van der Waals surface area contributed by atoms with Gasteiger partial charge in [0.05, 0.1) is 12.9 Å². The van der Waals surface area contributed by atoms with Gasteiger partial charge in [0, 0.05) is 0 Å². The molecule has 0 saturated carbocycles. The first kappa shape index (κ1) is 17.1. The third-order valence-electron chi connectivity index (χ3n) is 3.85. The molecule has 0 aliphatic heterocycles. The number of Topliss-reactive ketones (excluding diaryl/α,β-unsaturated/α-hetero) is 1. The van der Waals surface area contributed by atoms with Crippen LogP contribution in [-0.4, -0.2) is 37.0 Å². The van der Waals surface area contributed by atoms with E-state index in [1.165, 1.54) is 12.3 Å². The highest BCUT2D eigenvalue weighted by atomic mass is 28.4. The topological polar surface area (TPSA) is 79.9 Å². The van der Waals surface area contributed by atoms with E-state index in [1.54, 1.807) is 6.07 Å². The predicted octanol–water partition coefficient (Wildman–Crippen LogP) is 2.26. The van der Waals surface area contributed by atoms with E-state index in [2.05, 4.69) is 20.8 Å². The molecule has 6 heteroatoms. The highest BCUT2D eigenvalue weighted by molar-refractivity contribution is 6.74. The maximum atomic E-state index is 11.9. The number of rotatable bonds is 6. The van der Waals surface area contributed by atoms with Crippen LogP contribution in [0.3, 0.4) is 0 Å². The Bertz CT molecular complexity index is 433. The smallest absolute Gasteiger partial charge is 0.192 e. The molecule has 0 saturated heterocycles. The van der Waals surface area contributed by atoms with Gasteiger partial charge >= 0.3 is 0 Å². The Morgan fingerprint density at radius 2 is 2.00 bits per heavy atom. The molecule has 2 N–H and O–H groups in total. The summed E-state index contributed by atoms with van der Waals surface area (Å²) in [6.07, 6.45) is -1.52. The maximum Gasteiger partial charge on any atom is 0.192 e. The third-order valence-corrected chi connectivity index (χ3v) is 8.32. The number of carbonyl (C=O) groups excluding carboxylic acids is 1. The van der Waals surface area contributed by atoms with Crippen molar-refractivity contribution in [2.45, 2.75) is 51.1 Å². The van der Waals surface area contributed by atoms with Crippen LogP contribution in [0.5, 0.6) is 0 Å². The zero-order valence-electron chi connectivity index (χ0n) is 12.7. The van der Waals surface area contributed by atoms with E-state index in [0.717, 1.165) is 0 Å². The number of aliphatic hydroxyl groups is 2. The SMILES string of the molecule is CC(C)(C)[Si](C)(C)OCC(=O)[C@@H](O)[C@H](O)c1ccco1. The summed E-state index contributed by atoms with van der Waals surface area (Å²) in [6, 6.07) is 3.09. The fourth-order valence-electron chi connectivity index (χ4n) is 1.34. The van der Waals surface area contributed by atoms with Crippen LogP contribution >= 0.6 is 0 Å². The summed E-state index contributed by atoms with van der Waals surface area (Å²) in [6.45, 7) is 10.0. The lowest BCUT2D eigenvalue weighted by molar-refractivity contribution is -0.136. The fourth-order valence-corrected chi connectivity index (χ4v) is 2.28. The molecule has 20 heavy (non-hydrogen) atoms. The summed E-state index contributed by atoms with van der Waals surface area (Å²) in [4.78, 5) is 11.9. The second kappa shape index (κ2) is 6.22. The number of carbonyl (C=O) groups is 1. The molecule has 0 radical (unpaired) electrons. The Kier molecular flexibility index (Phi) is 5.31. The molecule has 1 rings (SSSR count). The van der Waals surface area contributed by atoms with Gasteiger partial charge in [-0.15, -0.1) is 0 Å². The Morgan fingerprint density at radius 1 is 1.40 bits per heavy atom. The van der Waals surface area contributed by atoms with E-state index < -0.39 is 26.3 Å². The van der Waals surface area contributed by atoms with Crippen molar-refractivity contribution in [1.82, 2.24) is 0 Å². The van der Waals surface area contributed by atoms with Crippen molar-refractivity contribution in [2.75, 3.05) is 6.61 Å². The number of hydrogen-bond donors (Lipinski definition) is 2. The minimum atomic E-state index is -2.05. The summed E-state index contributed by atoms with van der Waals surface area (Å²) in [5.41, 5.74) is 0. The monoisotopic (exact) mass is 300 g/mol. The third kappa shape index (κ3) is 4.02. The lowest BCUT2D eigenvalue weighted by Gasteiger charge is -2.36. The van der Waals surface area contributed by atoms with Gasteiger partial charge in [-0.05, 0) is 30.3 Å². The molecule has 0 aliphatic rings. The molecular weight excluding hydrogens is 276 g/mol. The summed E-state index contributed by atoms with van der Waals surface area (Å²) in [5.74, 6) is -0.378. The molecule has 2 atom stereocenters. The van der Waals surface area contributed by atoms with Gasteiger partial charge < -0.3 is 19.1 Å². The van der Waals surface area contributed by atoms with Crippen LogP contribution in [0.1, 0.15) is 32.6 Å². The van der Waals surface area contributed by atoms with Crippen LogP contribution in [-0.2, 0) is 9.22 Å². The standard InChI is InChI=1S/C14H24O5Si/c1-14(2,3)20(4,5)19-9-10(15)12(16)13(17)11-7-6-8-18-11/h6-8,12-13,16-17H,9H2,1-5H3/t12-,13-/m1/s1. The minimum Gasteiger partial charge on any atom is -0.466 e. The van der Waals surface area contributed by atoms with Crippen molar-refractivity contribution in [1.29, 1.82) is 0 Å². The quantitative estimate of drug-likeness (QED) is 0.788. The van der Waals surface area contributed by atoms with Crippen LogP contribution in [0, 0.1) is 0 Å². The molecule has 0 aliphatic carbocycles. The van der Waals surface area contributed by atoms with Crippen LogP contribution in [0.15, 0.2) is 22.8 Å². The van der Waals surface area contributed by atoms with Gasteiger partial charge in [-0.25, -0.2) is 0 Å². The van der Waals surface area contributed by atoms with Gasteiger partial charge in [0.1, 0.15) is 18.0 Å². The predicted molar refractivity (Wildman–Crippen MR) is 77.8 cm³/mol. The molecule has 114 valence electrons. The van der Waals surface area contributed by atoms with Gasteiger partial charge in [0.25, 0.3) is 0 Å². The summed E-state index contributed by atoms with van der Waals surface area (Å²) in [7, 11) is -2.05. The molecule has 0 unspecified atom stereocenters. The van der Waals surface area contributed by atoms with E-state index in [9.17, 15) is 15.0 Å². The average molecular weight is 300 g/mol. The second-order valence-corrected chi connectivity index (χ2v) is 11.2. The summed E-state index contributed by atoms with van der Waals surface area (Å²) in [5, 5.41) is 19.6. The lowest BCUT2D eigenvalue weighted by atomic mass is 10.1. The van der Waals surface area contributed by atoms with Crippen molar-refractivity contribution in [3.05, 3.63) is 24.2 Å². The molecule has 5 nitrogen and oxygen atoms in total. The molecular formula is C14H24O5Si. The summed E-state index contributed by atoms with van der Waals surface area (Å²) < 4.78 is 10.7. The molecule has 0 aromatic carbocycles. The van der Waals surface area contributed by atoms with Crippen LogP contribution in [0.25, 0.3) is 0 Å². The van der Waals surface area contributed by atoms with E-state index in [4.69, 9.17) is 8.84 Å². The lowest BCUT2D eigenvalue weighted by Crippen LogP contribution is -2.43. The highest BCUT2D eigenvalue weighted by Crippen LogP contribution is 2.36. The minimum absolute atomic E-state index is 0.0160. The Hall–Kier alpha value is -0.953. The molecule has 0 spiro atoms. The Balaban J connectivity index is 2.59. The van der Waals surface area contributed by atoms with E-state index in [0.29, 0.717) is 0 Å². The first-order valence-corrected chi connectivity index (χ1v) is 9.53. The van der Waals surface area contributed by atoms with Crippen LogP contribution < -0.4 is 0 Å². The van der Waals surface area contributed by atoms with Crippen molar-refractivity contribution in [3.8, 4) is 0 Å². The molecule has 0 amide bonds. The molecule has 1 aromatic heterocycles. The van der Waals surface area contributed by atoms with Crippen molar-refractivity contribution < 1.29 is 23.9 Å². The van der Waals surface area contributed by atoms with Crippen molar-refractivity contribution in [2.24, 2.45) is 0 Å². The molecule has 0 bridgehead atoms. The molecule has 1 aromatic rings. The molecule has 0 fully saturated rings. The number of furan rings is 1. The fraction of sp³-hybridized carbons (Fsp3) is 0.643. The van der Waals surface area contributed by atoms with Gasteiger partial charge in [0.15, 0.2) is 14.1 Å². The first-order valence-electron chi connectivity index (χ1n) is 6.62. The van der Waals surface area contributed by atoms with Crippen LogP contribution in [0.4, 0.5) is 0 Å².